The SMILES string of the molecule is ON=Cc1ccccc1P(c1ccccc1C=NO)c1ccccc1C=NO. The van der Waals surface area contributed by atoms with Gasteiger partial charge >= 0.3 is 0 Å². The van der Waals surface area contributed by atoms with E-state index in [1.165, 1.54) is 18.6 Å². The second-order valence-corrected chi connectivity index (χ2v) is 7.86. The average molecular weight is 391 g/mol. The van der Waals surface area contributed by atoms with Crippen LogP contribution < -0.4 is 15.9 Å². The Bertz CT molecular complexity index is 903. The summed E-state index contributed by atoms with van der Waals surface area (Å²) < 4.78 is 0. The molecule has 0 heterocycles. The fourth-order valence-electron chi connectivity index (χ4n) is 2.98. The van der Waals surface area contributed by atoms with Crippen molar-refractivity contribution >= 4 is 42.5 Å². The summed E-state index contributed by atoms with van der Waals surface area (Å²) in [6.07, 6.45) is 4.20. The lowest BCUT2D eigenvalue weighted by atomic mass is 10.2. The first-order chi connectivity index (χ1) is 13.8. The van der Waals surface area contributed by atoms with E-state index in [2.05, 4.69) is 15.5 Å². The lowest BCUT2D eigenvalue weighted by Crippen LogP contribution is -2.27. The molecule has 3 aromatic rings. The molecule has 0 aliphatic heterocycles. The van der Waals surface area contributed by atoms with Crippen LogP contribution in [0.15, 0.2) is 88.3 Å². The van der Waals surface area contributed by atoms with Gasteiger partial charge in [-0.25, -0.2) is 0 Å². The van der Waals surface area contributed by atoms with Gasteiger partial charge in [0.25, 0.3) is 0 Å². The van der Waals surface area contributed by atoms with Crippen LogP contribution in [0, 0.1) is 0 Å². The third-order valence-electron chi connectivity index (χ3n) is 4.12. The van der Waals surface area contributed by atoms with Crippen LogP contribution in [0.5, 0.6) is 0 Å². The van der Waals surface area contributed by atoms with Crippen molar-refractivity contribution in [3.05, 3.63) is 89.5 Å². The van der Waals surface area contributed by atoms with Gasteiger partial charge in [0, 0.05) is 16.7 Å². The Morgan fingerprint density at radius 1 is 0.500 bits per heavy atom. The summed E-state index contributed by atoms with van der Waals surface area (Å²) in [6, 6.07) is 22.9. The van der Waals surface area contributed by atoms with E-state index in [4.69, 9.17) is 15.6 Å². The molecule has 0 unspecified atom stereocenters. The third kappa shape index (κ3) is 4.08. The molecule has 0 saturated carbocycles. The summed E-state index contributed by atoms with van der Waals surface area (Å²) >= 11 is 0. The van der Waals surface area contributed by atoms with Gasteiger partial charge in [0.15, 0.2) is 0 Å². The Kier molecular flexibility index (Phi) is 6.50. The Hall–Kier alpha value is -3.50. The Morgan fingerprint density at radius 3 is 1.07 bits per heavy atom. The van der Waals surface area contributed by atoms with E-state index in [9.17, 15) is 0 Å². The average Bonchev–Trinajstić information content (AvgIpc) is 2.72. The Morgan fingerprint density at radius 2 is 0.786 bits per heavy atom. The number of benzene rings is 3. The molecule has 6 nitrogen and oxygen atoms in total. The molecule has 0 aromatic heterocycles. The Balaban J connectivity index is 2.34. The van der Waals surface area contributed by atoms with Crippen molar-refractivity contribution in [2.24, 2.45) is 15.5 Å². The highest BCUT2D eigenvalue weighted by atomic mass is 31.1. The predicted octanol–water partition coefficient (Wildman–Crippen LogP) is 2.87. The van der Waals surface area contributed by atoms with E-state index in [-0.39, 0.29) is 0 Å². The van der Waals surface area contributed by atoms with Crippen molar-refractivity contribution in [2.45, 2.75) is 0 Å². The summed E-state index contributed by atoms with van der Waals surface area (Å²) in [5, 5.41) is 39.8. The molecule has 0 amide bonds. The Labute approximate surface area is 163 Å². The van der Waals surface area contributed by atoms with Crippen LogP contribution in [0.4, 0.5) is 0 Å². The molecule has 0 atom stereocenters. The summed E-state index contributed by atoms with van der Waals surface area (Å²) in [4.78, 5) is 0. The summed E-state index contributed by atoms with van der Waals surface area (Å²) in [5.41, 5.74) is 2.30. The molecule has 3 rings (SSSR count). The largest absolute Gasteiger partial charge is 0.411 e. The van der Waals surface area contributed by atoms with Crippen molar-refractivity contribution in [1.82, 2.24) is 0 Å². The molecule has 0 radical (unpaired) electrons. The second-order valence-electron chi connectivity index (χ2n) is 5.75. The molecular formula is C21H18N3O3P. The van der Waals surface area contributed by atoms with E-state index < -0.39 is 7.92 Å². The first kappa shape index (κ1) is 19.3. The minimum absolute atomic E-state index is 0.766. The predicted molar refractivity (Wildman–Crippen MR) is 113 cm³/mol. The lowest BCUT2D eigenvalue weighted by molar-refractivity contribution is 0.321. The van der Waals surface area contributed by atoms with E-state index >= 15 is 0 Å². The van der Waals surface area contributed by atoms with Gasteiger partial charge < -0.3 is 15.6 Å². The van der Waals surface area contributed by atoms with Gasteiger partial charge in [-0.15, -0.1) is 0 Å². The molecule has 3 N–H and O–H groups in total. The molecule has 3 aromatic carbocycles. The van der Waals surface area contributed by atoms with Crippen molar-refractivity contribution in [1.29, 1.82) is 0 Å². The van der Waals surface area contributed by atoms with Crippen LogP contribution in [-0.4, -0.2) is 34.3 Å². The summed E-state index contributed by atoms with van der Waals surface area (Å²) in [6.45, 7) is 0. The van der Waals surface area contributed by atoms with Gasteiger partial charge in [-0.3, -0.25) is 0 Å². The number of rotatable bonds is 6. The molecular weight excluding hydrogens is 373 g/mol. The highest BCUT2D eigenvalue weighted by molar-refractivity contribution is 7.80. The van der Waals surface area contributed by atoms with Gasteiger partial charge in [-0.05, 0) is 23.8 Å². The first-order valence-electron chi connectivity index (χ1n) is 8.39. The van der Waals surface area contributed by atoms with Crippen LogP contribution in [0.1, 0.15) is 16.7 Å². The maximum absolute atomic E-state index is 9.11. The molecule has 0 aliphatic rings. The van der Waals surface area contributed by atoms with Crippen molar-refractivity contribution in [3.8, 4) is 0 Å². The zero-order chi connectivity index (χ0) is 19.8. The van der Waals surface area contributed by atoms with Crippen LogP contribution in [-0.2, 0) is 0 Å². The zero-order valence-electron chi connectivity index (χ0n) is 14.8. The maximum Gasteiger partial charge on any atom is 0.0740 e. The van der Waals surface area contributed by atoms with E-state index in [0.717, 1.165) is 32.6 Å². The van der Waals surface area contributed by atoms with Crippen LogP contribution in [0.3, 0.4) is 0 Å². The quantitative estimate of drug-likeness (QED) is 0.261. The van der Waals surface area contributed by atoms with Gasteiger partial charge in [-0.1, -0.05) is 88.3 Å². The molecule has 0 saturated heterocycles. The fourth-order valence-corrected chi connectivity index (χ4v) is 5.63. The fraction of sp³-hybridized carbons (Fsp3) is 0. The van der Waals surface area contributed by atoms with Gasteiger partial charge in [-0.2, -0.15) is 0 Å². The van der Waals surface area contributed by atoms with Gasteiger partial charge in [0.05, 0.1) is 18.6 Å². The molecule has 0 fully saturated rings. The van der Waals surface area contributed by atoms with Crippen LogP contribution in [0.25, 0.3) is 0 Å². The number of oxime groups is 3. The molecule has 0 bridgehead atoms. The summed E-state index contributed by atoms with van der Waals surface area (Å²) in [7, 11) is -1.15. The normalized spacial score (nSPS) is 12.9. The minimum atomic E-state index is -1.15. The molecule has 7 heteroatoms. The number of hydrogen-bond acceptors (Lipinski definition) is 6. The smallest absolute Gasteiger partial charge is 0.0740 e. The molecule has 0 spiro atoms. The standard InChI is InChI=1S/C21H18N3O3P/c25-22-13-16-7-1-4-10-19(16)28(20-11-5-2-8-17(20)14-23-26)21-12-6-3-9-18(21)15-24-27/h1-15,25-27H. The van der Waals surface area contributed by atoms with Gasteiger partial charge in [0.1, 0.15) is 0 Å². The van der Waals surface area contributed by atoms with Crippen LogP contribution in [0.2, 0.25) is 0 Å². The topological polar surface area (TPSA) is 97.8 Å². The first-order valence-corrected chi connectivity index (χ1v) is 9.74. The summed E-state index contributed by atoms with van der Waals surface area (Å²) in [5.74, 6) is 0. The maximum atomic E-state index is 9.11. The van der Waals surface area contributed by atoms with Crippen molar-refractivity contribution in [3.63, 3.8) is 0 Å². The number of hydrogen-bond donors (Lipinski definition) is 3. The van der Waals surface area contributed by atoms with Crippen LogP contribution >= 0.6 is 7.92 Å². The monoisotopic (exact) mass is 391 g/mol. The molecule has 0 aliphatic carbocycles. The van der Waals surface area contributed by atoms with Gasteiger partial charge in [0.2, 0.25) is 0 Å². The van der Waals surface area contributed by atoms with E-state index in [0.29, 0.717) is 0 Å². The van der Waals surface area contributed by atoms with Crippen molar-refractivity contribution in [2.75, 3.05) is 0 Å². The zero-order valence-corrected chi connectivity index (χ0v) is 15.7. The van der Waals surface area contributed by atoms with E-state index in [1.54, 1.807) is 0 Å². The second kappa shape index (κ2) is 9.44. The number of nitrogens with zero attached hydrogens (tertiary/aromatic N) is 3. The van der Waals surface area contributed by atoms with Crippen molar-refractivity contribution < 1.29 is 15.6 Å². The molecule has 28 heavy (non-hydrogen) atoms. The van der Waals surface area contributed by atoms with E-state index in [1.807, 2.05) is 72.8 Å². The lowest BCUT2D eigenvalue weighted by Gasteiger charge is -2.24. The highest BCUT2D eigenvalue weighted by Gasteiger charge is 2.23. The minimum Gasteiger partial charge on any atom is -0.411 e. The third-order valence-corrected chi connectivity index (χ3v) is 6.79. The highest BCUT2D eigenvalue weighted by Crippen LogP contribution is 2.36. The molecule has 140 valence electrons.